The third kappa shape index (κ3) is 2.74. The first-order valence-corrected chi connectivity index (χ1v) is 4.77. The molecule has 0 radical (unpaired) electrons. The lowest BCUT2D eigenvalue weighted by atomic mass is 9.99. The zero-order valence-corrected chi connectivity index (χ0v) is 8.64. The zero-order chi connectivity index (χ0) is 11.4. The summed E-state index contributed by atoms with van der Waals surface area (Å²) < 4.78 is 0. The summed E-state index contributed by atoms with van der Waals surface area (Å²) in [4.78, 5) is 10.2. The van der Waals surface area contributed by atoms with Gasteiger partial charge in [0, 0.05) is 18.2 Å². The van der Waals surface area contributed by atoms with E-state index < -0.39 is 4.92 Å². The van der Waals surface area contributed by atoms with Crippen LogP contribution in [0.25, 0.3) is 0 Å². The largest absolute Gasteiger partial charge is 0.330 e. The number of non-ortho nitro benzene ring substituents is 1. The van der Waals surface area contributed by atoms with Gasteiger partial charge in [-0.05, 0) is 31.0 Å². The minimum Gasteiger partial charge on any atom is -0.330 e. The maximum atomic E-state index is 10.6. The van der Waals surface area contributed by atoms with E-state index in [-0.39, 0.29) is 11.7 Å². The molecule has 1 rings (SSSR count). The number of rotatable bonds is 4. The van der Waals surface area contributed by atoms with Gasteiger partial charge in [-0.25, -0.2) is 0 Å². The van der Waals surface area contributed by atoms with Crippen LogP contribution in [0.5, 0.6) is 0 Å². The number of hydrogen-bond acceptors (Lipinski definition) is 4. The monoisotopic (exact) mass is 209 g/mol. The van der Waals surface area contributed by atoms with Crippen LogP contribution >= 0.6 is 0 Å². The van der Waals surface area contributed by atoms with E-state index in [1.165, 1.54) is 12.1 Å². The Hall–Kier alpha value is -1.46. The van der Waals surface area contributed by atoms with Gasteiger partial charge < -0.3 is 11.5 Å². The Kier molecular flexibility index (Phi) is 3.76. The van der Waals surface area contributed by atoms with Crippen molar-refractivity contribution in [1.82, 2.24) is 0 Å². The number of hydrogen-bond donors (Lipinski definition) is 2. The Balaban J connectivity index is 3.04. The molecule has 1 atom stereocenters. The van der Waals surface area contributed by atoms with E-state index in [2.05, 4.69) is 0 Å². The molecular weight excluding hydrogens is 194 g/mol. The maximum absolute atomic E-state index is 10.6. The molecule has 0 heterocycles. The number of aryl methyl sites for hydroxylation is 1. The van der Waals surface area contributed by atoms with Gasteiger partial charge in [0.1, 0.15) is 0 Å². The molecule has 0 spiro atoms. The fourth-order valence-electron chi connectivity index (χ4n) is 1.48. The molecular formula is C10H15N3O2. The molecule has 1 aromatic carbocycles. The molecule has 0 amide bonds. The Bertz CT molecular complexity index is 366. The minimum absolute atomic E-state index is 0.0723. The predicted octanol–water partition coefficient (Wildman–Crippen LogP) is 1.25. The van der Waals surface area contributed by atoms with E-state index in [1.54, 1.807) is 6.07 Å². The van der Waals surface area contributed by atoms with Gasteiger partial charge in [-0.2, -0.15) is 0 Å². The molecule has 0 fully saturated rings. The van der Waals surface area contributed by atoms with Crippen molar-refractivity contribution in [3.8, 4) is 0 Å². The highest BCUT2D eigenvalue weighted by Crippen LogP contribution is 2.23. The molecule has 0 saturated heterocycles. The van der Waals surface area contributed by atoms with Crippen LogP contribution in [0.15, 0.2) is 18.2 Å². The number of nitro groups is 1. The number of benzene rings is 1. The van der Waals surface area contributed by atoms with Crippen molar-refractivity contribution < 1.29 is 4.92 Å². The van der Waals surface area contributed by atoms with E-state index >= 15 is 0 Å². The summed E-state index contributed by atoms with van der Waals surface area (Å²) in [6, 6.07) is 4.49. The third-order valence-electron chi connectivity index (χ3n) is 2.35. The van der Waals surface area contributed by atoms with E-state index in [0.29, 0.717) is 13.0 Å². The van der Waals surface area contributed by atoms with Crippen molar-refractivity contribution in [2.75, 3.05) is 6.54 Å². The van der Waals surface area contributed by atoms with E-state index in [0.717, 1.165) is 11.1 Å². The lowest BCUT2D eigenvalue weighted by Gasteiger charge is -2.13. The summed E-state index contributed by atoms with van der Waals surface area (Å²) in [5.41, 5.74) is 13.1. The summed E-state index contributed by atoms with van der Waals surface area (Å²) in [6.07, 6.45) is 0.627. The topological polar surface area (TPSA) is 95.2 Å². The molecule has 0 aliphatic heterocycles. The number of nitrogens with zero attached hydrogens (tertiary/aromatic N) is 1. The van der Waals surface area contributed by atoms with Crippen molar-refractivity contribution in [2.45, 2.75) is 19.4 Å². The predicted molar refractivity (Wildman–Crippen MR) is 58.4 cm³/mol. The molecule has 5 nitrogen and oxygen atoms in total. The molecule has 5 heteroatoms. The van der Waals surface area contributed by atoms with Gasteiger partial charge in [0.05, 0.1) is 4.92 Å². The first kappa shape index (κ1) is 11.6. The van der Waals surface area contributed by atoms with Gasteiger partial charge in [0.15, 0.2) is 0 Å². The molecule has 0 aliphatic rings. The quantitative estimate of drug-likeness (QED) is 0.576. The van der Waals surface area contributed by atoms with Gasteiger partial charge in [0.2, 0.25) is 0 Å². The van der Waals surface area contributed by atoms with Gasteiger partial charge in [-0.15, -0.1) is 0 Å². The fourth-order valence-corrected chi connectivity index (χ4v) is 1.48. The van der Waals surface area contributed by atoms with Crippen molar-refractivity contribution in [1.29, 1.82) is 0 Å². The van der Waals surface area contributed by atoms with Gasteiger partial charge in [-0.1, -0.05) is 6.07 Å². The second kappa shape index (κ2) is 4.86. The summed E-state index contributed by atoms with van der Waals surface area (Å²) in [5, 5.41) is 10.6. The smallest absolute Gasteiger partial charge is 0.269 e. The molecule has 0 aliphatic carbocycles. The average molecular weight is 209 g/mol. The molecule has 15 heavy (non-hydrogen) atoms. The van der Waals surface area contributed by atoms with Crippen molar-refractivity contribution >= 4 is 5.69 Å². The van der Waals surface area contributed by atoms with Gasteiger partial charge in [0.25, 0.3) is 5.69 Å². The third-order valence-corrected chi connectivity index (χ3v) is 2.35. The summed E-state index contributed by atoms with van der Waals surface area (Å²) in [7, 11) is 0. The van der Waals surface area contributed by atoms with Crippen LogP contribution in [0.1, 0.15) is 23.6 Å². The van der Waals surface area contributed by atoms with Crippen LogP contribution in [-0.4, -0.2) is 11.5 Å². The van der Waals surface area contributed by atoms with Crippen molar-refractivity contribution in [3.63, 3.8) is 0 Å². The van der Waals surface area contributed by atoms with Crippen LogP contribution in [0, 0.1) is 17.0 Å². The van der Waals surface area contributed by atoms with E-state index in [9.17, 15) is 10.1 Å². The van der Waals surface area contributed by atoms with Crippen molar-refractivity contribution in [2.24, 2.45) is 11.5 Å². The van der Waals surface area contributed by atoms with Crippen LogP contribution in [0.4, 0.5) is 5.69 Å². The molecule has 0 aromatic heterocycles. The average Bonchev–Trinajstić information content (AvgIpc) is 2.18. The Morgan fingerprint density at radius 1 is 1.53 bits per heavy atom. The van der Waals surface area contributed by atoms with Crippen LogP contribution < -0.4 is 11.5 Å². The Morgan fingerprint density at radius 3 is 2.73 bits per heavy atom. The fraction of sp³-hybridized carbons (Fsp3) is 0.400. The molecule has 1 aromatic rings. The summed E-state index contributed by atoms with van der Waals surface area (Å²) in [5.74, 6) is 0. The first-order valence-electron chi connectivity index (χ1n) is 4.77. The van der Waals surface area contributed by atoms with E-state index in [1.807, 2.05) is 6.92 Å². The Morgan fingerprint density at radius 2 is 2.20 bits per heavy atom. The molecule has 0 bridgehead atoms. The molecule has 82 valence electrons. The molecule has 4 N–H and O–H groups in total. The summed E-state index contributed by atoms with van der Waals surface area (Å²) in [6.45, 7) is 2.36. The summed E-state index contributed by atoms with van der Waals surface area (Å²) >= 11 is 0. The lowest BCUT2D eigenvalue weighted by Crippen LogP contribution is -2.16. The molecule has 0 saturated carbocycles. The van der Waals surface area contributed by atoms with Crippen LogP contribution in [0.3, 0.4) is 0 Å². The van der Waals surface area contributed by atoms with Crippen molar-refractivity contribution in [3.05, 3.63) is 39.4 Å². The Labute approximate surface area is 88.2 Å². The highest BCUT2D eigenvalue weighted by atomic mass is 16.6. The zero-order valence-electron chi connectivity index (χ0n) is 8.64. The lowest BCUT2D eigenvalue weighted by molar-refractivity contribution is -0.384. The first-order chi connectivity index (χ1) is 7.06. The van der Waals surface area contributed by atoms with Crippen LogP contribution in [-0.2, 0) is 0 Å². The van der Waals surface area contributed by atoms with E-state index in [4.69, 9.17) is 11.5 Å². The second-order valence-corrected chi connectivity index (χ2v) is 3.48. The SMILES string of the molecule is Cc1ccc([N+](=O)[O-])cc1C(N)CCN. The highest BCUT2D eigenvalue weighted by Gasteiger charge is 2.13. The standard InChI is InChI=1S/C10H15N3O2/c1-7-2-3-8(13(14)15)6-9(7)10(12)4-5-11/h2-3,6,10H,4-5,11-12H2,1H3. The minimum atomic E-state index is -0.419. The number of nitro benzene ring substituents is 1. The number of nitrogens with two attached hydrogens (primary N) is 2. The normalized spacial score (nSPS) is 12.5. The molecule has 1 unspecified atom stereocenters. The van der Waals surface area contributed by atoms with Crippen LogP contribution in [0.2, 0.25) is 0 Å². The second-order valence-electron chi connectivity index (χ2n) is 3.48. The highest BCUT2D eigenvalue weighted by molar-refractivity contribution is 5.40. The maximum Gasteiger partial charge on any atom is 0.269 e. The van der Waals surface area contributed by atoms with Gasteiger partial charge in [-0.3, -0.25) is 10.1 Å². The van der Waals surface area contributed by atoms with Gasteiger partial charge >= 0.3 is 0 Å².